The summed E-state index contributed by atoms with van der Waals surface area (Å²) in [5.41, 5.74) is 4.77. The van der Waals surface area contributed by atoms with Crippen molar-refractivity contribution in [2.75, 3.05) is 5.75 Å². The molecular formula is C18H22N2O3S. The number of thioether (sulfide) groups is 1. The van der Waals surface area contributed by atoms with Crippen LogP contribution in [0.4, 0.5) is 4.79 Å². The van der Waals surface area contributed by atoms with Gasteiger partial charge in [-0.25, -0.2) is 4.79 Å². The van der Waals surface area contributed by atoms with Crippen LogP contribution in [0.1, 0.15) is 28.0 Å². The summed E-state index contributed by atoms with van der Waals surface area (Å²) in [6.07, 6.45) is 1.53. The molecule has 2 aromatic rings. The van der Waals surface area contributed by atoms with Crippen LogP contribution in [0.2, 0.25) is 0 Å². The zero-order valence-corrected chi connectivity index (χ0v) is 15.2. The molecule has 24 heavy (non-hydrogen) atoms. The number of hydrogen-bond donors (Lipinski definition) is 2. The second-order valence-electron chi connectivity index (χ2n) is 5.69. The molecule has 3 amide bonds. The van der Waals surface area contributed by atoms with Crippen LogP contribution in [-0.4, -0.2) is 17.7 Å². The van der Waals surface area contributed by atoms with Gasteiger partial charge in [0.25, 0.3) is 0 Å². The number of urea groups is 1. The molecule has 0 saturated carbocycles. The minimum absolute atomic E-state index is 0.193. The minimum atomic E-state index is -0.522. The molecule has 0 bridgehead atoms. The van der Waals surface area contributed by atoms with Crippen LogP contribution in [-0.2, 0) is 11.3 Å². The van der Waals surface area contributed by atoms with Gasteiger partial charge in [0.05, 0.1) is 18.6 Å². The van der Waals surface area contributed by atoms with Crippen LogP contribution in [0.5, 0.6) is 0 Å². The van der Waals surface area contributed by atoms with E-state index in [0.717, 1.165) is 4.90 Å². The first-order valence-electron chi connectivity index (χ1n) is 7.68. The summed E-state index contributed by atoms with van der Waals surface area (Å²) in [6, 6.07) is 5.12. The van der Waals surface area contributed by atoms with E-state index in [2.05, 4.69) is 44.4 Å². The maximum absolute atomic E-state index is 12.0. The molecule has 0 radical (unpaired) electrons. The number of furan rings is 1. The fraction of sp³-hybridized carbons (Fsp3) is 0.333. The fourth-order valence-corrected chi connectivity index (χ4v) is 3.42. The summed E-state index contributed by atoms with van der Waals surface area (Å²) in [6.45, 7) is 8.48. The van der Waals surface area contributed by atoms with Crippen LogP contribution >= 0.6 is 11.8 Å². The number of benzene rings is 1. The van der Waals surface area contributed by atoms with E-state index in [1.807, 2.05) is 0 Å². The smallest absolute Gasteiger partial charge is 0.321 e. The molecular weight excluding hydrogens is 324 g/mol. The van der Waals surface area contributed by atoms with Gasteiger partial charge in [-0.15, -0.1) is 11.8 Å². The maximum Gasteiger partial charge on any atom is 0.321 e. The van der Waals surface area contributed by atoms with Crippen molar-refractivity contribution in [1.29, 1.82) is 0 Å². The molecule has 5 nitrogen and oxygen atoms in total. The quantitative estimate of drug-likeness (QED) is 0.811. The highest BCUT2D eigenvalue weighted by Crippen LogP contribution is 2.30. The van der Waals surface area contributed by atoms with Crippen molar-refractivity contribution in [3.8, 4) is 0 Å². The fourth-order valence-electron chi connectivity index (χ4n) is 2.32. The van der Waals surface area contributed by atoms with Gasteiger partial charge in [-0.05, 0) is 62.1 Å². The van der Waals surface area contributed by atoms with Crippen LogP contribution < -0.4 is 10.6 Å². The van der Waals surface area contributed by atoms with Crippen LogP contribution in [0.25, 0.3) is 0 Å². The number of rotatable bonds is 5. The Morgan fingerprint density at radius 1 is 1.12 bits per heavy atom. The lowest BCUT2D eigenvalue weighted by Gasteiger charge is -2.14. The average molecular weight is 346 g/mol. The van der Waals surface area contributed by atoms with Crippen molar-refractivity contribution in [2.24, 2.45) is 0 Å². The Morgan fingerprint density at radius 3 is 2.38 bits per heavy atom. The maximum atomic E-state index is 12.0. The minimum Gasteiger partial charge on any atom is -0.467 e. The van der Waals surface area contributed by atoms with Crippen molar-refractivity contribution < 1.29 is 14.0 Å². The lowest BCUT2D eigenvalue weighted by atomic mass is 10.0. The van der Waals surface area contributed by atoms with Crippen molar-refractivity contribution in [3.63, 3.8) is 0 Å². The summed E-state index contributed by atoms with van der Waals surface area (Å²) < 4.78 is 5.11. The highest BCUT2D eigenvalue weighted by atomic mass is 32.2. The first-order valence-corrected chi connectivity index (χ1v) is 8.67. The van der Waals surface area contributed by atoms with Crippen LogP contribution in [0.15, 0.2) is 33.8 Å². The molecule has 0 unspecified atom stereocenters. The van der Waals surface area contributed by atoms with Gasteiger partial charge < -0.3 is 9.73 Å². The van der Waals surface area contributed by atoms with Crippen molar-refractivity contribution in [1.82, 2.24) is 10.6 Å². The van der Waals surface area contributed by atoms with Gasteiger partial charge in [0.1, 0.15) is 5.76 Å². The Kier molecular flexibility index (Phi) is 6.09. The first kappa shape index (κ1) is 18.1. The molecule has 0 saturated heterocycles. The molecule has 0 atom stereocenters. The van der Waals surface area contributed by atoms with Crippen molar-refractivity contribution in [3.05, 3.63) is 52.5 Å². The second-order valence-corrected chi connectivity index (χ2v) is 6.67. The molecule has 2 N–H and O–H groups in total. The number of amides is 3. The van der Waals surface area contributed by atoms with Crippen molar-refractivity contribution in [2.45, 2.75) is 39.1 Å². The van der Waals surface area contributed by atoms with Crippen molar-refractivity contribution >= 4 is 23.7 Å². The predicted molar refractivity (Wildman–Crippen MR) is 95.2 cm³/mol. The van der Waals surface area contributed by atoms with E-state index in [4.69, 9.17) is 4.42 Å². The van der Waals surface area contributed by atoms with E-state index in [9.17, 15) is 9.59 Å². The third-order valence-electron chi connectivity index (χ3n) is 3.90. The third kappa shape index (κ3) is 4.64. The Morgan fingerprint density at radius 2 is 1.79 bits per heavy atom. The Labute approximate surface area is 146 Å². The molecule has 1 heterocycles. The number of hydrogen-bond acceptors (Lipinski definition) is 4. The zero-order valence-electron chi connectivity index (χ0n) is 14.4. The number of carbonyl (C=O) groups is 2. The standard InChI is InChI=1S/C18H22N2O3S/c1-11-8-12(2)14(4)17(13(11)3)24-10-16(21)20-18(22)19-9-15-6-5-7-23-15/h5-8H,9-10H2,1-4H3,(H2,19,20,21,22). The highest BCUT2D eigenvalue weighted by Gasteiger charge is 2.13. The molecule has 0 aliphatic rings. The van der Waals surface area contributed by atoms with Gasteiger partial charge >= 0.3 is 6.03 Å². The van der Waals surface area contributed by atoms with Gasteiger partial charge in [0, 0.05) is 4.90 Å². The van der Waals surface area contributed by atoms with Gasteiger partial charge in [0.2, 0.25) is 5.91 Å². The van der Waals surface area contributed by atoms with E-state index < -0.39 is 6.03 Å². The number of nitrogens with one attached hydrogen (secondary N) is 2. The van der Waals surface area contributed by atoms with E-state index >= 15 is 0 Å². The summed E-state index contributed by atoms with van der Waals surface area (Å²) in [4.78, 5) is 24.8. The monoisotopic (exact) mass is 346 g/mol. The number of imide groups is 1. The molecule has 128 valence electrons. The molecule has 0 aliphatic carbocycles. The molecule has 2 rings (SSSR count). The molecule has 1 aromatic carbocycles. The molecule has 6 heteroatoms. The van der Waals surface area contributed by atoms with Gasteiger partial charge in [-0.3, -0.25) is 10.1 Å². The van der Waals surface area contributed by atoms with E-state index in [1.54, 1.807) is 12.1 Å². The predicted octanol–water partition coefficient (Wildman–Crippen LogP) is 3.63. The zero-order chi connectivity index (χ0) is 17.7. The largest absolute Gasteiger partial charge is 0.467 e. The van der Waals surface area contributed by atoms with Crippen LogP contribution in [0.3, 0.4) is 0 Å². The van der Waals surface area contributed by atoms with Crippen LogP contribution in [0, 0.1) is 27.7 Å². The Balaban J connectivity index is 1.86. The Hall–Kier alpha value is -2.21. The molecule has 0 aliphatic heterocycles. The van der Waals surface area contributed by atoms with Gasteiger partial charge in [0.15, 0.2) is 0 Å². The average Bonchev–Trinajstić information content (AvgIpc) is 3.04. The third-order valence-corrected chi connectivity index (χ3v) is 5.21. The molecule has 0 fully saturated rings. The molecule has 1 aromatic heterocycles. The van der Waals surface area contributed by atoms with E-state index in [-0.39, 0.29) is 18.2 Å². The topological polar surface area (TPSA) is 71.3 Å². The molecule has 0 spiro atoms. The Bertz CT molecular complexity index is 713. The van der Waals surface area contributed by atoms with Gasteiger partial charge in [-0.1, -0.05) is 6.07 Å². The first-order chi connectivity index (χ1) is 11.4. The lowest BCUT2D eigenvalue weighted by molar-refractivity contribution is -0.117. The summed E-state index contributed by atoms with van der Waals surface area (Å²) in [7, 11) is 0. The number of carbonyl (C=O) groups excluding carboxylic acids is 2. The summed E-state index contributed by atoms with van der Waals surface area (Å²) in [5.74, 6) is 0.502. The van der Waals surface area contributed by atoms with Gasteiger partial charge in [-0.2, -0.15) is 0 Å². The van der Waals surface area contributed by atoms with E-state index in [0.29, 0.717) is 5.76 Å². The number of aryl methyl sites for hydroxylation is 2. The summed E-state index contributed by atoms with van der Waals surface area (Å²) >= 11 is 1.46. The van der Waals surface area contributed by atoms with E-state index in [1.165, 1.54) is 40.3 Å². The SMILES string of the molecule is Cc1cc(C)c(C)c(SCC(=O)NC(=O)NCc2ccco2)c1C. The second kappa shape index (κ2) is 8.06. The normalized spacial score (nSPS) is 10.5. The highest BCUT2D eigenvalue weighted by molar-refractivity contribution is 8.00. The lowest BCUT2D eigenvalue weighted by Crippen LogP contribution is -2.39. The summed E-state index contributed by atoms with van der Waals surface area (Å²) in [5, 5.41) is 4.91.